The van der Waals surface area contributed by atoms with E-state index < -0.39 is 0 Å². The Bertz CT molecular complexity index is 174. The minimum absolute atomic E-state index is 0.116. The predicted molar refractivity (Wildman–Crippen MR) is 58.7 cm³/mol. The summed E-state index contributed by atoms with van der Waals surface area (Å²) in [6, 6.07) is -0.116. The Morgan fingerprint density at radius 1 is 1.17 bits per heavy atom. The van der Waals surface area contributed by atoms with Crippen molar-refractivity contribution in [1.82, 2.24) is 6.23 Å². The van der Waals surface area contributed by atoms with Crippen LogP contribution in [0.5, 0.6) is 0 Å². The zero-order valence-electron chi connectivity index (χ0n) is 6.53. The highest BCUT2D eigenvalue weighted by Crippen LogP contribution is 2.29. The molecule has 5 nitrogen and oxygen atoms in total. The summed E-state index contributed by atoms with van der Waals surface area (Å²) in [7, 11) is 3.09. The van der Waals surface area contributed by atoms with E-state index in [1.54, 1.807) is 14.2 Å². The molecule has 70 valence electrons. The van der Waals surface area contributed by atoms with Gasteiger partial charge in [0.1, 0.15) is 0 Å². The molecule has 2 atom stereocenters. The van der Waals surface area contributed by atoms with Crippen molar-refractivity contribution in [1.29, 1.82) is 0 Å². The van der Waals surface area contributed by atoms with E-state index in [0.717, 1.165) is 0 Å². The molecule has 0 aromatic heterocycles. The third-order valence-electron chi connectivity index (χ3n) is 1.54. The van der Waals surface area contributed by atoms with Crippen LogP contribution in [-0.4, -0.2) is 38.9 Å². The van der Waals surface area contributed by atoms with Gasteiger partial charge in [0.25, 0.3) is 0 Å². The minimum Gasteiger partial charge on any atom is -0.356 e. The number of hydrogen-bond acceptors (Lipinski definition) is 3. The number of halogens is 2. The number of amides is 2. The summed E-state index contributed by atoms with van der Waals surface area (Å²) in [6.45, 7) is 0. The number of carbonyl (C=O) groups excluding carboxylic acids is 1. The van der Waals surface area contributed by atoms with Gasteiger partial charge in [0.05, 0.1) is 45.7 Å². The lowest BCUT2D eigenvalue weighted by Crippen LogP contribution is -2.34. The number of urea groups is 1. The lowest BCUT2D eigenvalue weighted by Gasteiger charge is -2.19. The van der Waals surface area contributed by atoms with Crippen molar-refractivity contribution >= 4 is 51.8 Å². The smallest absolute Gasteiger partial charge is 0.342 e. The van der Waals surface area contributed by atoms with Gasteiger partial charge in [-0.1, -0.05) is 0 Å². The fourth-order valence-electron chi connectivity index (χ4n) is 0.951. The standard InChI is InChI=1S/C5H8I2N2O3/c1-11-3-4(12-2)9(7)5(10)8(3)6/h3-4H,1-2H3. The maximum atomic E-state index is 11.3. The summed E-state index contributed by atoms with van der Waals surface area (Å²) in [5.74, 6) is 0. The predicted octanol–water partition coefficient (Wildman–Crippen LogP) is 1.37. The van der Waals surface area contributed by atoms with Crippen molar-refractivity contribution in [2.24, 2.45) is 0 Å². The number of carbonyl (C=O) groups is 1. The van der Waals surface area contributed by atoms with Gasteiger partial charge in [0.2, 0.25) is 0 Å². The van der Waals surface area contributed by atoms with Crippen LogP contribution < -0.4 is 0 Å². The Balaban J connectivity index is 2.79. The Morgan fingerprint density at radius 3 is 1.75 bits per heavy atom. The molecular weight excluding hydrogens is 390 g/mol. The molecule has 1 rings (SSSR count). The molecule has 2 amide bonds. The Kier molecular flexibility index (Phi) is 3.79. The van der Waals surface area contributed by atoms with E-state index in [4.69, 9.17) is 9.47 Å². The third-order valence-corrected chi connectivity index (χ3v) is 3.46. The molecule has 0 aliphatic carbocycles. The molecule has 0 N–H and O–H groups in total. The van der Waals surface area contributed by atoms with Crippen LogP contribution >= 0.6 is 45.7 Å². The van der Waals surface area contributed by atoms with Crippen LogP contribution in [0.4, 0.5) is 4.79 Å². The van der Waals surface area contributed by atoms with Gasteiger partial charge < -0.3 is 9.47 Å². The molecular formula is C5H8I2N2O3. The van der Waals surface area contributed by atoms with Crippen LogP contribution in [0.25, 0.3) is 0 Å². The van der Waals surface area contributed by atoms with Crippen LogP contribution in [0, 0.1) is 0 Å². The van der Waals surface area contributed by atoms with Gasteiger partial charge in [-0.3, -0.25) is 0 Å². The molecule has 0 saturated carbocycles. The van der Waals surface area contributed by atoms with Crippen molar-refractivity contribution in [3.63, 3.8) is 0 Å². The topological polar surface area (TPSA) is 42.0 Å². The van der Waals surface area contributed by atoms with E-state index in [1.807, 2.05) is 45.7 Å². The second-order valence-corrected chi connectivity index (χ2v) is 4.24. The average molecular weight is 398 g/mol. The fraction of sp³-hybridized carbons (Fsp3) is 0.800. The summed E-state index contributed by atoms with van der Waals surface area (Å²) < 4.78 is 13.1. The van der Waals surface area contributed by atoms with Crippen LogP contribution in [-0.2, 0) is 9.47 Å². The maximum Gasteiger partial charge on any atom is 0.342 e. The summed E-state index contributed by atoms with van der Waals surface area (Å²) in [5.41, 5.74) is 0. The highest BCUT2D eigenvalue weighted by molar-refractivity contribution is 14.1. The van der Waals surface area contributed by atoms with Crippen molar-refractivity contribution in [2.75, 3.05) is 14.2 Å². The minimum atomic E-state index is -0.333. The maximum absolute atomic E-state index is 11.3. The van der Waals surface area contributed by atoms with Crippen molar-refractivity contribution < 1.29 is 14.3 Å². The molecule has 1 saturated heterocycles. The number of rotatable bonds is 2. The normalized spacial score (nSPS) is 30.2. The first-order chi connectivity index (χ1) is 5.63. The molecule has 0 aromatic rings. The third kappa shape index (κ3) is 1.63. The molecule has 0 spiro atoms. The molecule has 0 radical (unpaired) electrons. The largest absolute Gasteiger partial charge is 0.356 e. The average Bonchev–Trinajstić information content (AvgIpc) is 2.29. The Hall–Kier alpha value is 0.650. The zero-order valence-corrected chi connectivity index (χ0v) is 10.8. The quantitative estimate of drug-likeness (QED) is 0.522. The van der Waals surface area contributed by atoms with E-state index in [1.165, 1.54) is 6.23 Å². The van der Waals surface area contributed by atoms with Gasteiger partial charge in [-0.05, 0) is 0 Å². The molecule has 7 heteroatoms. The number of hydrogen-bond donors (Lipinski definition) is 0. The van der Waals surface area contributed by atoms with E-state index >= 15 is 0 Å². The first-order valence-corrected chi connectivity index (χ1v) is 5.06. The second kappa shape index (κ2) is 4.24. The van der Waals surface area contributed by atoms with Crippen molar-refractivity contribution in [3.05, 3.63) is 0 Å². The van der Waals surface area contributed by atoms with Crippen molar-refractivity contribution in [3.8, 4) is 0 Å². The van der Waals surface area contributed by atoms with Crippen LogP contribution in [0.2, 0.25) is 0 Å². The van der Waals surface area contributed by atoms with Gasteiger partial charge in [-0.2, -0.15) is 0 Å². The molecule has 1 aliphatic rings. The molecule has 0 bridgehead atoms. The van der Waals surface area contributed by atoms with Crippen LogP contribution in [0.3, 0.4) is 0 Å². The molecule has 1 fully saturated rings. The summed E-state index contributed by atoms with van der Waals surface area (Å²) in [6.07, 6.45) is -0.667. The van der Waals surface area contributed by atoms with Crippen LogP contribution in [0.1, 0.15) is 0 Å². The molecule has 0 aromatic carbocycles. The van der Waals surface area contributed by atoms with E-state index in [0.29, 0.717) is 0 Å². The van der Waals surface area contributed by atoms with Gasteiger partial charge in [-0.15, -0.1) is 0 Å². The lowest BCUT2D eigenvalue weighted by molar-refractivity contribution is -0.0665. The SMILES string of the molecule is COC1C(OC)N(I)C(=O)N1I. The molecule has 12 heavy (non-hydrogen) atoms. The summed E-state index contributed by atoms with van der Waals surface area (Å²) in [5, 5.41) is 0. The van der Waals surface area contributed by atoms with E-state index in [9.17, 15) is 4.79 Å². The Labute approximate surface area is 98.3 Å². The first-order valence-electron chi connectivity index (χ1n) is 3.13. The van der Waals surface area contributed by atoms with Gasteiger partial charge in [0, 0.05) is 14.2 Å². The fourth-order valence-corrected chi connectivity index (χ4v) is 2.83. The molecule has 1 heterocycles. The van der Waals surface area contributed by atoms with Crippen molar-refractivity contribution in [2.45, 2.75) is 12.5 Å². The zero-order chi connectivity index (χ0) is 9.30. The number of ether oxygens (including phenoxy) is 2. The highest BCUT2D eigenvalue weighted by Gasteiger charge is 2.44. The van der Waals surface area contributed by atoms with E-state index in [-0.39, 0.29) is 18.5 Å². The summed E-state index contributed by atoms with van der Waals surface area (Å²) >= 11 is 3.81. The van der Waals surface area contributed by atoms with E-state index in [2.05, 4.69) is 0 Å². The van der Waals surface area contributed by atoms with Crippen LogP contribution in [0.15, 0.2) is 0 Å². The van der Waals surface area contributed by atoms with Gasteiger partial charge >= 0.3 is 6.03 Å². The first kappa shape index (κ1) is 10.7. The summed E-state index contributed by atoms with van der Waals surface area (Å²) in [4.78, 5) is 11.3. The lowest BCUT2D eigenvalue weighted by atomic mass is 10.5. The Morgan fingerprint density at radius 2 is 1.50 bits per heavy atom. The molecule has 2 unspecified atom stereocenters. The number of methoxy groups -OCH3 is 2. The van der Waals surface area contributed by atoms with Gasteiger partial charge in [-0.25, -0.2) is 11.0 Å². The highest BCUT2D eigenvalue weighted by atomic mass is 127. The number of nitrogens with zero attached hydrogens (tertiary/aromatic N) is 2. The monoisotopic (exact) mass is 398 g/mol. The van der Waals surface area contributed by atoms with Gasteiger partial charge in [0.15, 0.2) is 12.5 Å². The second-order valence-electron chi connectivity index (χ2n) is 2.16. The molecule has 1 aliphatic heterocycles.